The van der Waals surface area contributed by atoms with Crippen molar-refractivity contribution in [2.24, 2.45) is 5.92 Å². The number of benzene rings is 1. The number of allylic oxidation sites excluding steroid dienone is 1. The Bertz CT molecular complexity index is 818. The molecule has 0 bridgehead atoms. The number of rotatable bonds is 9. The lowest BCUT2D eigenvalue weighted by Crippen LogP contribution is -2.48. The summed E-state index contributed by atoms with van der Waals surface area (Å²) in [4.78, 5) is 43.1. The minimum absolute atomic E-state index is 0.0444. The van der Waals surface area contributed by atoms with Gasteiger partial charge in [0, 0.05) is 64.4 Å². The van der Waals surface area contributed by atoms with E-state index in [1.54, 1.807) is 6.92 Å². The van der Waals surface area contributed by atoms with E-state index in [1.807, 2.05) is 30.3 Å². The SMILES string of the molecule is CCOC(=O)C1C(=O)/C(=C\NCCN2CCN(CCO)CC2)C(=O)CC1c1ccccc1. The molecule has 2 unspecified atom stereocenters. The number of carbonyl (C=O) groups excluding carboxylic acids is 3. The summed E-state index contributed by atoms with van der Waals surface area (Å²) >= 11 is 0. The lowest BCUT2D eigenvalue weighted by atomic mass is 9.72. The Balaban J connectivity index is 1.62. The molecule has 1 heterocycles. The number of carbonyl (C=O) groups is 3. The molecule has 1 aliphatic heterocycles. The topological polar surface area (TPSA) is 99.2 Å². The number of esters is 1. The number of ether oxygens (including phenoxy) is 1. The Morgan fingerprint density at radius 2 is 1.78 bits per heavy atom. The molecule has 2 N–H and O–H groups in total. The van der Waals surface area contributed by atoms with Gasteiger partial charge in [0.1, 0.15) is 5.92 Å². The van der Waals surface area contributed by atoms with Crippen LogP contribution < -0.4 is 5.32 Å². The molecule has 174 valence electrons. The van der Waals surface area contributed by atoms with Gasteiger partial charge in [-0.2, -0.15) is 0 Å². The summed E-state index contributed by atoms with van der Waals surface area (Å²) in [6.07, 6.45) is 1.57. The van der Waals surface area contributed by atoms with Crippen LogP contribution >= 0.6 is 0 Å². The van der Waals surface area contributed by atoms with Gasteiger partial charge in [-0.3, -0.25) is 24.2 Å². The Morgan fingerprint density at radius 1 is 1.12 bits per heavy atom. The highest BCUT2D eigenvalue weighted by Gasteiger charge is 2.45. The van der Waals surface area contributed by atoms with Crippen LogP contribution in [0.3, 0.4) is 0 Å². The molecule has 0 amide bonds. The van der Waals surface area contributed by atoms with Crippen molar-refractivity contribution >= 4 is 17.5 Å². The molecule has 1 saturated heterocycles. The fourth-order valence-corrected chi connectivity index (χ4v) is 4.36. The maximum absolute atomic E-state index is 13.2. The minimum Gasteiger partial charge on any atom is -0.465 e. The lowest BCUT2D eigenvalue weighted by Gasteiger charge is -2.34. The van der Waals surface area contributed by atoms with Crippen LogP contribution in [0, 0.1) is 5.92 Å². The van der Waals surface area contributed by atoms with Gasteiger partial charge < -0.3 is 15.2 Å². The molecule has 1 aliphatic carbocycles. The Labute approximate surface area is 189 Å². The average Bonchev–Trinajstić information content (AvgIpc) is 2.80. The molecule has 2 aliphatic rings. The summed E-state index contributed by atoms with van der Waals surface area (Å²) in [6, 6.07) is 9.21. The van der Waals surface area contributed by atoms with Crippen LogP contribution in [0.5, 0.6) is 0 Å². The van der Waals surface area contributed by atoms with Gasteiger partial charge in [-0.1, -0.05) is 30.3 Å². The van der Waals surface area contributed by atoms with Crippen molar-refractivity contribution < 1.29 is 24.2 Å². The summed E-state index contributed by atoms with van der Waals surface area (Å²) in [5.74, 6) is -2.83. The van der Waals surface area contributed by atoms with Crippen molar-refractivity contribution in [1.29, 1.82) is 0 Å². The van der Waals surface area contributed by atoms with Gasteiger partial charge in [0.2, 0.25) is 0 Å². The standard InChI is InChI=1S/C24H33N3O5/c1-2-32-24(31)22-19(18-6-4-3-5-7-18)16-21(29)20(23(22)30)17-25-8-9-26-10-12-27(13-11-26)14-15-28/h3-7,17,19,22,25,28H,2,8-16H2,1H3/b20-17-. The molecule has 8 nitrogen and oxygen atoms in total. The highest BCUT2D eigenvalue weighted by Crippen LogP contribution is 2.37. The first-order chi connectivity index (χ1) is 15.5. The molecule has 8 heteroatoms. The second kappa shape index (κ2) is 11.9. The van der Waals surface area contributed by atoms with Gasteiger partial charge in [0.05, 0.1) is 18.8 Å². The molecule has 0 aromatic heterocycles. The van der Waals surface area contributed by atoms with E-state index in [2.05, 4.69) is 15.1 Å². The number of aliphatic hydroxyl groups is 1. The van der Waals surface area contributed by atoms with Gasteiger partial charge in [0.25, 0.3) is 0 Å². The van der Waals surface area contributed by atoms with E-state index in [1.165, 1.54) is 6.20 Å². The van der Waals surface area contributed by atoms with Crippen molar-refractivity contribution in [2.75, 3.05) is 59.0 Å². The smallest absolute Gasteiger partial charge is 0.317 e. The zero-order chi connectivity index (χ0) is 22.9. The van der Waals surface area contributed by atoms with Crippen LogP contribution in [0.4, 0.5) is 0 Å². The Hall–Kier alpha value is -2.55. The van der Waals surface area contributed by atoms with Crippen molar-refractivity contribution in [3.8, 4) is 0 Å². The Kier molecular flexibility index (Phi) is 8.96. The molecule has 3 rings (SSSR count). The van der Waals surface area contributed by atoms with E-state index < -0.39 is 23.6 Å². The summed E-state index contributed by atoms with van der Waals surface area (Å²) in [5.41, 5.74) is 0.836. The van der Waals surface area contributed by atoms with Crippen LogP contribution in [-0.2, 0) is 19.1 Å². The summed E-state index contributed by atoms with van der Waals surface area (Å²) in [7, 11) is 0. The molecule has 0 radical (unpaired) electrons. The summed E-state index contributed by atoms with van der Waals surface area (Å²) in [6.45, 7) is 7.81. The molecule has 1 saturated carbocycles. The highest BCUT2D eigenvalue weighted by atomic mass is 16.5. The Morgan fingerprint density at radius 3 is 2.41 bits per heavy atom. The third-order valence-electron chi connectivity index (χ3n) is 6.12. The van der Waals surface area contributed by atoms with E-state index in [-0.39, 0.29) is 31.0 Å². The van der Waals surface area contributed by atoms with Gasteiger partial charge in [-0.15, -0.1) is 0 Å². The molecule has 1 aromatic carbocycles. The van der Waals surface area contributed by atoms with Crippen LogP contribution in [-0.4, -0.2) is 91.5 Å². The molecule has 2 atom stereocenters. The largest absolute Gasteiger partial charge is 0.465 e. The fourth-order valence-electron chi connectivity index (χ4n) is 4.36. The first-order valence-electron chi connectivity index (χ1n) is 11.3. The van der Waals surface area contributed by atoms with E-state index in [0.717, 1.165) is 38.3 Å². The first kappa shape index (κ1) is 24.1. The molecular weight excluding hydrogens is 410 g/mol. The first-order valence-corrected chi connectivity index (χ1v) is 11.3. The van der Waals surface area contributed by atoms with E-state index in [4.69, 9.17) is 9.84 Å². The molecule has 1 aromatic rings. The third-order valence-corrected chi connectivity index (χ3v) is 6.12. The minimum atomic E-state index is -1.01. The van der Waals surface area contributed by atoms with Crippen molar-refractivity contribution in [1.82, 2.24) is 15.1 Å². The zero-order valence-electron chi connectivity index (χ0n) is 18.7. The van der Waals surface area contributed by atoms with Crippen LogP contribution in [0.2, 0.25) is 0 Å². The number of β-amino-alcohol motifs (C(OH)–C–C–N with tert-alkyl or cyclic N) is 1. The quantitative estimate of drug-likeness (QED) is 0.188. The van der Waals surface area contributed by atoms with Gasteiger partial charge in [0.15, 0.2) is 11.6 Å². The third kappa shape index (κ3) is 6.03. The summed E-state index contributed by atoms with van der Waals surface area (Å²) in [5, 5.41) is 12.1. The highest BCUT2D eigenvalue weighted by molar-refractivity contribution is 6.27. The number of nitrogens with zero attached hydrogens (tertiary/aromatic N) is 2. The fraction of sp³-hybridized carbons (Fsp3) is 0.542. The number of nitrogens with one attached hydrogen (secondary N) is 1. The number of hydrogen-bond acceptors (Lipinski definition) is 8. The van der Waals surface area contributed by atoms with E-state index in [0.29, 0.717) is 13.1 Å². The number of hydrogen-bond donors (Lipinski definition) is 2. The molecule has 32 heavy (non-hydrogen) atoms. The summed E-state index contributed by atoms with van der Waals surface area (Å²) < 4.78 is 5.17. The van der Waals surface area contributed by atoms with Crippen LogP contribution in [0.25, 0.3) is 0 Å². The van der Waals surface area contributed by atoms with Crippen molar-refractivity contribution in [3.05, 3.63) is 47.7 Å². The predicted octanol–water partition coefficient (Wildman–Crippen LogP) is 0.575. The van der Waals surface area contributed by atoms with Crippen LogP contribution in [0.1, 0.15) is 24.8 Å². The number of aliphatic hydroxyl groups excluding tert-OH is 1. The number of piperazine rings is 1. The monoisotopic (exact) mass is 443 g/mol. The maximum Gasteiger partial charge on any atom is 0.317 e. The average molecular weight is 444 g/mol. The van der Waals surface area contributed by atoms with E-state index >= 15 is 0 Å². The van der Waals surface area contributed by atoms with Gasteiger partial charge in [-0.05, 0) is 12.5 Å². The normalized spacial score (nSPS) is 24.0. The predicted molar refractivity (Wildman–Crippen MR) is 120 cm³/mol. The maximum atomic E-state index is 13.2. The van der Waals surface area contributed by atoms with E-state index in [9.17, 15) is 14.4 Å². The zero-order valence-corrected chi connectivity index (χ0v) is 18.7. The molecule has 0 spiro atoms. The second-order valence-electron chi connectivity index (χ2n) is 8.16. The molecule has 2 fully saturated rings. The van der Waals surface area contributed by atoms with Crippen LogP contribution in [0.15, 0.2) is 42.1 Å². The van der Waals surface area contributed by atoms with Crippen molar-refractivity contribution in [3.63, 3.8) is 0 Å². The van der Waals surface area contributed by atoms with Gasteiger partial charge in [-0.25, -0.2) is 0 Å². The number of Topliss-reactive ketones (excluding diaryl/α,β-unsaturated/α-hetero) is 2. The van der Waals surface area contributed by atoms with Gasteiger partial charge >= 0.3 is 5.97 Å². The lowest BCUT2D eigenvalue weighted by molar-refractivity contribution is -0.152. The second-order valence-corrected chi connectivity index (χ2v) is 8.16. The van der Waals surface area contributed by atoms with Crippen molar-refractivity contribution in [2.45, 2.75) is 19.3 Å². The number of ketones is 2. The molecular formula is C24H33N3O5.